The summed E-state index contributed by atoms with van der Waals surface area (Å²) in [5, 5.41) is 9.67. The van der Waals surface area contributed by atoms with Crippen LogP contribution < -0.4 is 0 Å². The second-order valence-electron chi connectivity index (χ2n) is 20.2. The van der Waals surface area contributed by atoms with Crippen molar-refractivity contribution in [3.05, 3.63) is 60.8 Å². The summed E-state index contributed by atoms with van der Waals surface area (Å²) in [5.74, 6) is -2.00. The van der Waals surface area contributed by atoms with Crippen LogP contribution in [0.5, 0.6) is 0 Å². The molecule has 1 N–H and O–H groups in total. The molecule has 0 saturated heterocycles. The highest BCUT2D eigenvalue weighted by molar-refractivity contribution is 5.71. The van der Waals surface area contributed by atoms with E-state index in [-0.39, 0.29) is 32.2 Å². The van der Waals surface area contributed by atoms with Crippen LogP contribution in [0, 0.1) is 0 Å². The standard InChI is InChI=1S/C60H107NO8/c1-6-8-10-12-14-16-18-19-20-21-22-23-24-25-26-27-28-29-30-31-32-33-34-35-36-37-38-39-41-43-45-47-49-51-58(63)69-56(55-68-60(59(64)65)66-53-52-61(3,4)5)54-67-57(62)50-48-46-44-42-40-17-15-13-11-9-7-2/h8,10,14,16,19-20,22-23,25-26,56,60H,6-7,9,11-13,15,17-18,21,24,27-55H2,1-5H3/p+1/b10-8-,16-14-,20-19-,23-22-,26-25-. The lowest BCUT2D eigenvalue weighted by molar-refractivity contribution is -0.870. The average molecular weight is 972 g/mol. The lowest BCUT2D eigenvalue weighted by Crippen LogP contribution is -2.40. The molecule has 0 aliphatic carbocycles. The second kappa shape index (κ2) is 51.3. The highest BCUT2D eigenvalue weighted by Crippen LogP contribution is 2.16. The molecule has 0 radical (unpaired) electrons. The van der Waals surface area contributed by atoms with Crippen molar-refractivity contribution in [3.8, 4) is 0 Å². The normalized spacial score (nSPS) is 13.2. The van der Waals surface area contributed by atoms with Gasteiger partial charge in [-0.25, -0.2) is 4.79 Å². The van der Waals surface area contributed by atoms with Crippen molar-refractivity contribution in [1.29, 1.82) is 0 Å². The van der Waals surface area contributed by atoms with Crippen LogP contribution in [0.15, 0.2) is 60.8 Å². The van der Waals surface area contributed by atoms with E-state index in [1.165, 1.54) is 148 Å². The maximum absolute atomic E-state index is 12.8. The molecule has 9 nitrogen and oxygen atoms in total. The molecule has 0 aliphatic heterocycles. The molecule has 2 unspecified atom stereocenters. The molecular weight excluding hydrogens is 863 g/mol. The number of nitrogens with zero attached hydrogens (tertiary/aromatic N) is 1. The van der Waals surface area contributed by atoms with Gasteiger partial charge in [-0.05, 0) is 57.8 Å². The van der Waals surface area contributed by atoms with Gasteiger partial charge in [0.05, 0.1) is 34.4 Å². The van der Waals surface area contributed by atoms with Gasteiger partial charge in [0, 0.05) is 12.8 Å². The van der Waals surface area contributed by atoms with E-state index in [4.69, 9.17) is 18.9 Å². The number of quaternary nitrogens is 1. The molecule has 69 heavy (non-hydrogen) atoms. The van der Waals surface area contributed by atoms with Crippen LogP contribution in [0.1, 0.15) is 245 Å². The summed E-state index contributed by atoms with van der Waals surface area (Å²) >= 11 is 0. The number of carbonyl (C=O) groups is 3. The van der Waals surface area contributed by atoms with E-state index in [0.29, 0.717) is 17.4 Å². The third-order valence-corrected chi connectivity index (χ3v) is 12.3. The first-order chi connectivity index (χ1) is 33.6. The molecule has 0 aromatic heterocycles. The number of carboxylic acid groups (broad SMARTS) is 1. The minimum absolute atomic E-state index is 0.179. The van der Waals surface area contributed by atoms with Gasteiger partial charge in [-0.1, -0.05) is 235 Å². The number of carboxylic acids is 1. The van der Waals surface area contributed by atoms with Crippen LogP contribution in [0.3, 0.4) is 0 Å². The van der Waals surface area contributed by atoms with Crippen LogP contribution in [-0.2, 0) is 33.3 Å². The van der Waals surface area contributed by atoms with Gasteiger partial charge in [0.1, 0.15) is 13.2 Å². The number of hydrogen-bond donors (Lipinski definition) is 1. The summed E-state index contributed by atoms with van der Waals surface area (Å²) in [4.78, 5) is 37.3. The van der Waals surface area contributed by atoms with E-state index in [2.05, 4.69) is 74.6 Å². The quantitative estimate of drug-likeness (QED) is 0.0211. The number of rotatable bonds is 52. The Kier molecular flexibility index (Phi) is 49.1. The van der Waals surface area contributed by atoms with Crippen LogP contribution in [-0.4, -0.2) is 87.4 Å². The van der Waals surface area contributed by atoms with Crippen molar-refractivity contribution in [2.24, 2.45) is 0 Å². The van der Waals surface area contributed by atoms with Crippen molar-refractivity contribution in [1.82, 2.24) is 0 Å². The van der Waals surface area contributed by atoms with Crippen molar-refractivity contribution < 1.29 is 42.9 Å². The van der Waals surface area contributed by atoms with Gasteiger partial charge in [0.25, 0.3) is 6.29 Å². The molecule has 0 rings (SSSR count). The van der Waals surface area contributed by atoms with E-state index in [1.54, 1.807) is 0 Å². The third kappa shape index (κ3) is 52.6. The molecule has 2 atom stereocenters. The summed E-state index contributed by atoms with van der Waals surface area (Å²) in [6, 6.07) is 0. The third-order valence-electron chi connectivity index (χ3n) is 12.3. The lowest BCUT2D eigenvalue weighted by Gasteiger charge is -2.25. The van der Waals surface area contributed by atoms with Crippen molar-refractivity contribution in [2.75, 3.05) is 47.5 Å². The zero-order valence-electron chi connectivity index (χ0n) is 45.5. The minimum Gasteiger partial charge on any atom is -0.477 e. The molecule has 0 bridgehead atoms. The average Bonchev–Trinajstić information content (AvgIpc) is 3.31. The fraction of sp³-hybridized carbons (Fsp3) is 0.783. The first kappa shape index (κ1) is 66.0. The molecule has 0 saturated carbocycles. The number of unbranched alkanes of at least 4 members (excludes halogenated alkanes) is 27. The predicted molar refractivity (Wildman–Crippen MR) is 290 cm³/mol. The first-order valence-electron chi connectivity index (χ1n) is 28.5. The Hall–Kier alpha value is -3.01. The first-order valence-corrected chi connectivity index (χ1v) is 28.5. The Labute approximate surface area is 425 Å². The zero-order valence-corrected chi connectivity index (χ0v) is 45.5. The molecule has 0 aliphatic rings. The van der Waals surface area contributed by atoms with E-state index < -0.39 is 24.3 Å². The van der Waals surface area contributed by atoms with Crippen molar-refractivity contribution >= 4 is 17.9 Å². The van der Waals surface area contributed by atoms with Crippen LogP contribution >= 0.6 is 0 Å². The predicted octanol–water partition coefficient (Wildman–Crippen LogP) is 16.5. The van der Waals surface area contributed by atoms with Gasteiger partial charge < -0.3 is 28.5 Å². The maximum atomic E-state index is 12.8. The fourth-order valence-corrected chi connectivity index (χ4v) is 7.92. The second-order valence-corrected chi connectivity index (χ2v) is 20.2. The van der Waals surface area contributed by atoms with E-state index in [9.17, 15) is 19.5 Å². The molecule has 0 amide bonds. The lowest BCUT2D eigenvalue weighted by atomic mass is 10.0. The number of aliphatic carboxylic acids is 1. The molecular formula is C60H108NO8+. The molecule has 400 valence electrons. The summed E-state index contributed by atoms with van der Waals surface area (Å²) in [7, 11) is 5.97. The molecule has 0 spiro atoms. The Morgan fingerprint density at radius 2 is 0.826 bits per heavy atom. The number of ether oxygens (including phenoxy) is 4. The minimum atomic E-state index is -1.51. The highest BCUT2D eigenvalue weighted by atomic mass is 16.7. The highest BCUT2D eigenvalue weighted by Gasteiger charge is 2.25. The van der Waals surface area contributed by atoms with Gasteiger partial charge in [0.15, 0.2) is 6.10 Å². The Balaban J connectivity index is 4.06. The van der Waals surface area contributed by atoms with Crippen molar-refractivity contribution in [2.45, 2.75) is 257 Å². The maximum Gasteiger partial charge on any atom is 0.361 e. The van der Waals surface area contributed by atoms with Crippen LogP contribution in [0.25, 0.3) is 0 Å². The largest absolute Gasteiger partial charge is 0.477 e. The Morgan fingerprint density at radius 3 is 1.23 bits per heavy atom. The zero-order chi connectivity index (χ0) is 50.6. The molecule has 0 aromatic rings. The monoisotopic (exact) mass is 971 g/mol. The molecule has 0 fully saturated rings. The SMILES string of the molecule is CC/C=C\C/C=C\C/C=C\C/C=C\C/C=C\CCCCCCCCCCCCCCCCCCCC(=O)OC(COC(=O)CCCCCCCCCCCCC)COC(OCC[N+](C)(C)C)C(=O)O. The molecule has 9 heteroatoms. The van der Waals surface area contributed by atoms with Crippen LogP contribution in [0.4, 0.5) is 0 Å². The Bertz CT molecular complexity index is 1310. The summed E-state index contributed by atoms with van der Waals surface area (Å²) < 4.78 is 22.8. The molecule has 0 heterocycles. The summed E-state index contributed by atoms with van der Waals surface area (Å²) in [6.07, 6.45) is 61.7. The van der Waals surface area contributed by atoms with Gasteiger partial charge in [0.2, 0.25) is 0 Å². The van der Waals surface area contributed by atoms with E-state index >= 15 is 0 Å². The molecule has 0 aromatic carbocycles. The summed E-state index contributed by atoms with van der Waals surface area (Å²) in [5.41, 5.74) is 0. The van der Waals surface area contributed by atoms with Crippen molar-refractivity contribution in [3.63, 3.8) is 0 Å². The smallest absolute Gasteiger partial charge is 0.361 e. The topological polar surface area (TPSA) is 108 Å². The fourth-order valence-electron chi connectivity index (χ4n) is 7.92. The van der Waals surface area contributed by atoms with E-state index in [1.807, 2.05) is 21.1 Å². The summed E-state index contributed by atoms with van der Waals surface area (Å²) in [6.45, 7) is 4.77. The van der Waals surface area contributed by atoms with Crippen LogP contribution in [0.2, 0.25) is 0 Å². The van der Waals surface area contributed by atoms with Gasteiger partial charge in [-0.2, -0.15) is 0 Å². The Morgan fingerprint density at radius 1 is 0.449 bits per heavy atom. The van der Waals surface area contributed by atoms with Gasteiger partial charge in [-0.15, -0.1) is 0 Å². The number of hydrogen-bond acceptors (Lipinski definition) is 7. The van der Waals surface area contributed by atoms with E-state index in [0.717, 1.165) is 70.6 Å². The van der Waals surface area contributed by atoms with Gasteiger partial charge >= 0.3 is 17.9 Å². The van der Waals surface area contributed by atoms with Gasteiger partial charge in [-0.3, -0.25) is 9.59 Å². The number of likely N-dealkylation sites (N-methyl/N-ethyl adjacent to an activating group) is 1. The number of allylic oxidation sites excluding steroid dienone is 10. The number of carbonyl (C=O) groups excluding carboxylic acids is 2. The number of esters is 2.